The van der Waals surface area contributed by atoms with E-state index in [2.05, 4.69) is 37.9 Å². The Morgan fingerprint density at radius 2 is 2.18 bits per heavy atom. The van der Waals surface area contributed by atoms with E-state index in [0.29, 0.717) is 0 Å². The summed E-state index contributed by atoms with van der Waals surface area (Å²) in [5, 5.41) is 0. The van der Waals surface area contributed by atoms with Gasteiger partial charge in [0.05, 0.1) is 5.54 Å². The van der Waals surface area contributed by atoms with Gasteiger partial charge in [0.15, 0.2) is 0 Å². The third-order valence-corrected chi connectivity index (χ3v) is 1.53. The molecule has 0 fully saturated rings. The minimum atomic E-state index is 0.0151. The van der Waals surface area contributed by atoms with Gasteiger partial charge in [0.1, 0.15) is 5.55 Å². The summed E-state index contributed by atoms with van der Waals surface area (Å²) in [4.78, 5) is 4.21. The van der Waals surface area contributed by atoms with Crippen LogP contribution in [0.15, 0.2) is 17.6 Å². The summed E-state index contributed by atoms with van der Waals surface area (Å²) in [6.45, 7) is 9.83. The molecule has 0 saturated carbocycles. The third kappa shape index (κ3) is 9.76. The fraction of sp³-hybridized carbons (Fsp3) is 0.667. The van der Waals surface area contributed by atoms with Crippen LogP contribution in [0.2, 0.25) is 0 Å². The molecule has 2 heteroatoms. The van der Waals surface area contributed by atoms with Gasteiger partial charge in [-0.3, -0.25) is 4.99 Å². The van der Waals surface area contributed by atoms with Crippen LogP contribution in [-0.2, 0) is 0 Å². The Labute approximate surface area is 74.0 Å². The summed E-state index contributed by atoms with van der Waals surface area (Å²) in [7, 11) is 0. The van der Waals surface area contributed by atoms with Crippen LogP contribution in [0.5, 0.6) is 0 Å². The van der Waals surface area contributed by atoms with E-state index in [4.69, 9.17) is 0 Å². The fourth-order valence-corrected chi connectivity index (χ4v) is 1.07. The fourth-order valence-electron chi connectivity index (χ4n) is 0.357. The molecule has 0 N–H and O–H groups in total. The monoisotopic (exact) mass is 170 g/mol. The Bertz CT molecular complexity index is 133. The number of thioether (sulfide) groups is 1. The first-order valence-electron chi connectivity index (χ1n) is 3.76. The van der Waals surface area contributed by atoms with Crippen molar-refractivity contribution in [3.05, 3.63) is 12.7 Å². The number of hydrogen-bond acceptors (Lipinski definition) is 2. The summed E-state index contributed by atoms with van der Waals surface area (Å²) in [5.41, 5.74) is 2.97. The van der Waals surface area contributed by atoms with Crippen molar-refractivity contribution in [3.8, 4) is 0 Å². The molecule has 63 valence electrons. The summed E-state index contributed by atoms with van der Waals surface area (Å²) in [5.74, 6) is 1.03. The van der Waals surface area contributed by atoms with Crippen LogP contribution in [0.1, 0.15) is 27.2 Å². The van der Waals surface area contributed by atoms with Crippen LogP contribution in [-0.4, -0.2) is 16.8 Å². The second-order valence-electron chi connectivity index (χ2n) is 3.30. The lowest BCUT2D eigenvalue weighted by Gasteiger charge is -2.09. The van der Waals surface area contributed by atoms with Crippen molar-refractivity contribution in [3.63, 3.8) is 0 Å². The summed E-state index contributed by atoms with van der Waals surface area (Å²) in [6.07, 6.45) is 2.93. The molecule has 0 rings (SSSR count). The molecule has 0 aliphatic heterocycles. The van der Waals surface area contributed by atoms with Gasteiger partial charge in [-0.15, -0.1) is 18.3 Å². The minimum Gasteiger partial charge on any atom is -0.270 e. The van der Waals surface area contributed by atoms with E-state index in [1.165, 1.54) is 0 Å². The van der Waals surface area contributed by atoms with E-state index in [1.54, 1.807) is 11.8 Å². The molecule has 1 nitrogen and oxygen atoms in total. The van der Waals surface area contributed by atoms with Gasteiger partial charge >= 0.3 is 0 Å². The maximum atomic E-state index is 4.21. The molecular formula is C9H16NS. The molecule has 0 unspecified atom stereocenters. The highest BCUT2D eigenvalue weighted by atomic mass is 32.2. The van der Waals surface area contributed by atoms with Gasteiger partial charge < -0.3 is 0 Å². The third-order valence-electron chi connectivity index (χ3n) is 0.870. The Kier molecular flexibility index (Phi) is 5.30. The van der Waals surface area contributed by atoms with Crippen molar-refractivity contribution in [1.29, 1.82) is 0 Å². The van der Waals surface area contributed by atoms with Gasteiger partial charge in [-0.1, -0.05) is 6.08 Å². The van der Waals surface area contributed by atoms with Crippen molar-refractivity contribution >= 4 is 17.3 Å². The molecule has 0 aliphatic rings. The smallest absolute Gasteiger partial charge is 0.123 e. The lowest BCUT2D eigenvalue weighted by atomic mass is 10.1. The Hall–Kier alpha value is -0.240. The number of hydrogen-bond donors (Lipinski definition) is 0. The topological polar surface area (TPSA) is 12.4 Å². The molecule has 0 heterocycles. The van der Waals surface area contributed by atoms with Crippen LogP contribution in [0, 0.1) is 0 Å². The first kappa shape index (κ1) is 10.8. The SMILES string of the molecule is C=CCCS[C]=NC(C)(C)C. The first-order chi connectivity index (χ1) is 5.06. The number of nitrogens with zero attached hydrogens (tertiary/aromatic N) is 1. The van der Waals surface area contributed by atoms with Crippen molar-refractivity contribution < 1.29 is 0 Å². The molecule has 0 spiro atoms. The standard InChI is InChI=1S/C9H16NS/c1-5-6-7-11-8-10-9(2,3)4/h5H,1,6-7H2,2-4H3. The largest absolute Gasteiger partial charge is 0.270 e. The highest BCUT2D eigenvalue weighted by Gasteiger charge is 2.04. The van der Waals surface area contributed by atoms with Crippen LogP contribution < -0.4 is 0 Å². The van der Waals surface area contributed by atoms with Gasteiger partial charge in [0, 0.05) is 5.75 Å². The molecule has 0 atom stereocenters. The Morgan fingerprint density at radius 1 is 1.55 bits per heavy atom. The minimum absolute atomic E-state index is 0.0151. The van der Waals surface area contributed by atoms with Gasteiger partial charge in [-0.05, 0) is 27.2 Å². The zero-order chi connectivity index (χ0) is 8.74. The molecule has 0 aromatic heterocycles. The van der Waals surface area contributed by atoms with Crippen molar-refractivity contribution in [2.24, 2.45) is 4.99 Å². The van der Waals surface area contributed by atoms with Crippen LogP contribution >= 0.6 is 11.8 Å². The zero-order valence-electron chi connectivity index (χ0n) is 7.55. The summed E-state index contributed by atoms with van der Waals surface area (Å²) < 4.78 is 0. The average molecular weight is 170 g/mol. The molecular weight excluding hydrogens is 154 g/mol. The van der Waals surface area contributed by atoms with E-state index in [0.717, 1.165) is 12.2 Å². The summed E-state index contributed by atoms with van der Waals surface area (Å²) >= 11 is 1.62. The van der Waals surface area contributed by atoms with E-state index in [1.807, 2.05) is 6.08 Å². The maximum Gasteiger partial charge on any atom is 0.123 e. The predicted molar refractivity (Wildman–Crippen MR) is 54.5 cm³/mol. The Balaban J connectivity index is 3.37. The van der Waals surface area contributed by atoms with Crippen molar-refractivity contribution in [1.82, 2.24) is 0 Å². The highest BCUT2D eigenvalue weighted by molar-refractivity contribution is 8.12. The number of aliphatic imine (C=N–C) groups is 1. The second-order valence-corrected chi connectivity index (χ2v) is 4.18. The summed E-state index contributed by atoms with van der Waals surface area (Å²) in [6, 6.07) is 0. The van der Waals surface area contributed by atoms with E-state index in [9.17, 15) is 0 Å². The maximum absolute atomic E-state index is 4.21. The van der Waals surface area contributed by atoms with Gasteiger partial charge in [0.25, 0.3) is 0 Å². The van der Waals surface area contributed by atoms with Gasteiger partial charge in [-0.25, -0.2) is 0 Å². The molecule has 0 aliphatic carbocycles. The van der Waals surface area contributed by atoms with E-state index in [-0.39, 0.29) is 5.54 Å². The molecule has 0 aromatic rings. The Morgan fingerprint density at radius 3 is 2.64 bits per heavy atom. The molecule has 0 bridgehead atoms. The molecule has 0 amide bonds. The van der Waals surface area contributed by atoms with Crippen LogP contribution in [0.25, 0.3) is 0 Å². The normalized spacial score (nSPS) is 12.3. The van der Waals surface area contributed by atoms with E-state index >= 15 is 0 Å². The van der Waals surface area contributed by atoms with Crippen molar-refractivity contribution in [2.45, 2.75) is 32.7 Å². The van der Waals surface area contributed by atoms with Gasteiger partial charge in [0.2, 0.25) is 0 Å². The van der Waals surface area contributed by atoms with Crippen LogP contribution in [0.3, 0.4) is 0 Å². The average Bonchev–Trinajstić information content (AvgIpc) is 1.85. The number of rotatable bonds is 4. The molecule has 0 saturated heterocycles. The lowest BCUT2D eigenvalue weighted by Crippen LogP contribution is -2.08. The van der Waals surface area contributed by atoms with Gasteiger partial charge in [-0.2, -0.15) is 0 Å². The number of allylic oxidation sites excluding steroid dienone is 1. The van der Waals surface area contributed by atoms with Crippen LogP contribution in [0.4, 0.5) is 0 Å². The van der Waals surface area contributed by atoms with Crippen molar-refractivity contribution in [2.75, 3.05) is 5.75 Å². The second kappa shape index (κ2) is 5.42. The quantitative estimate of drug-likeness (QED) is 0.273. The highest BCUT2D eigenvalue weighted by Crippen LogP contribution is 2.07. The van der Waals surface area contributed by atoms with E-state index < -0.39 is 0 Å². The molecule has 11 heavy (non-hydrogen) atoms. The molecule has 1 radical (unpaired) electrons. The zero-order valence-corrected chi connectivity index (χ0v) is 8.37. The first-order valence-corrected chi connectivity index (χ1v) is 4.74. The predicted octanol–water partition coefficient (Wildman–Crippen LogP) is 3.00. The lowest BCUT2D eigenvalue weighted by molar-refractivity contribution is 0.588. The molecule has 0 aromatic carbocycles.